The van der Waals surface area contributed by atoms with Gasteiger partial charge in [0.15, 0.2) is 0 Å². The third kappa shape index (κ3) is 6.62. The number of carbonyl (C=O) groups excluding carboxylic acids is 2. The molecular weight excluding hydrogens is 649 g/mol. The van der Waals surface area contributed by atoms with Crippen LogP contribution in [0.2, 0.25) is 5.02 Å². The number of nitrogens with zero attached hydrogens (tertiary/aromatic N) is 6. The molecule has 0 spiro atoms. The molecule has 3 aromatic carbocycles. The molecular formula is C34H32ClF3N6O4. The Kier molecular flexibility index (Phi) is 8.84. The van der Waals surface area contributed by atoms with Crippen LogP contribution in [0.3, 0.4) is 0 Å². The van der Waals surface area contributed by atoms with E-state index in [0.717, 1.165) is 17.7 Å². The number of hydrogen-bond acceptors (Lipinski definition) is 7. The predicted molar refractivity (Wildman–Crippen MR) is 169 cm³/mol. The summed E-state index contributed by atoms with van der Waals surface area (Å²) in [5.74, 6) is -0.948. The van der Waals surface area contributed by atoms with Crippen LogP contribution in [-0.2, 0) is 28.9 Å². The number of hydrogen-bond donors (Lipinski definition) is 0. The van der Waals surface area contributed by atoms with Crippen molar-refractivity contribution in [2.75, 3.05) is 32.8 Å². The molecule has 2 amide bonds. The molecule has 2 saturated heterocycles. The van der Waals surface area contributed by atoms with E-state index in [9.17, 15) is 22.8 Å². The van der Waals surface area contributed by atoms with E-state index in [-0.39, 0.29) is 49.4 Å². The SMILES string of the molecule is O=C1[C@@H]2C[C@@H](OCc3cn(-c4ccccc4Cl)nn3)CN2C(=O)c2cc(C(F)(F)F)ccc2OC[C@@H]2CN(Cc3ccccc3)CCN12. The molecule has 0 bridgehead atoms. The van der Waals surface area contributed by atoms with Crippen molar-refractivity contribution >= 4 is 23.4 Å². The summed E-state index contributed by atoms with van der Waals surface area (Å²) in [6.45, 7) is 2.27. The third-order valence-corrected chi connectivity index (χ3v) is 9.30. The van der Waals surface area contributed by atoms with E-state index in [1.807, 2.05) is 36.4 Å². The Balaban J connectivity index is 1.14. The number of aromatic nitrogens is 3. The standard InChI is InChI=1S/C34H32ClF3N6O4/c35-28-8-4-5-9-29(28)44-17-24(39-40-44)20-47-26-15-30-33(46)42-13-12-41(16-22-6-2-1-3-7-22)18-25(42)21-48-31-11-10-23(34(36,37)38)14-27(31)32(45)43(30)19-26/h1-11,14,17,25-26,30H,12-13,15-16,18-21H2/t25-,26+,30-/m0/s1. The first-order chi connectivity index (χ1) is 23.1. The van der Waals surface area contributed by atoms with Crippen LogP contribution in [0.25, 0.3) is 5.69 Å². The number of piperazine rings is 1. The molecule has 48 heavy (non-hydrogen) atoms. The van der Waals surface area contributed by atoms with Crippen molar-refractivity contribution in [1.82, 2.24) is 29.7 Å². The monoisotopic (exact) mass is 680 g/mol. The zero-order valence-electron chi connectivity index (χ0n) is 25.7. The van der Waals surface area contributed by atoms with Gasteiger partial charge in [0.05, 0.1) is 46.8 Å². The van der Waals surface area contributed by atoms with E-state index in [0.29, 0.717) is 42.6 Å². The molecule has 14 heteroatoms. The quantitative estimate of drug-likeness (QED) is 0.288. The van der Waals surface area contributed by atoms with Crippen LogP contribution in [0.4, 0.5) is 13.2 Å². The van der Waals surface area contributed by atoms with E-state index in [1.165, 1.54) is 15.6 Å². The number of amides is 2. The van der Waals surface area contributed by atoms with Crippen LogP contribution >= 0.6 is 11.6 Å². The van der Waals surface area contributed by atoms with Gasteiger partial charge in [-0.05, 0) is 35.9 Å². The summed E-state index contributed by atoms with van der Waals surface area (Å²) in [4.78, 5) is 33.5. The minimum Gasteiger partial charge on any atom is -0.491 e. The number of fused-ring (bicyclic) bond motifs is 3. The van der Waals surface area contributed by atoms with Gasteiger partial charge in [-0.3, -0.25) is 14.5 Å². The molecule has 7 rings (SSSR count). The summed E-state index contributed by atoms with van der Waals surface area (Å²) in [7, 11) is 0. The zero-order valence-corrected chi connectivity index (χ0v) is 26.5. The summed E-state index contributed by atoms with van der Waals surface area (Å²) in [5.41, 5.74) is 1.06. The average molecular weight is 681 g/mol. The fraction of sp³-hybridized carbons (Fsp3) is 0.353. The maximum absolute atomic E-state index is 14.2. The molecule has 3 aliphatic heterocycles. The fourth-order valence-electron chi connectivity index (χ4n) is 6.57. The molecule has 2 fully saturated rings. The lowest BCUT2D eigenvalue weighted by atomic mass is 10.0. The van der Waals surface area contributed by atoms with Crippen molar-refractivity contribution in [3.63, 3.8) is 0 Å². The number of carbonyl (C=O) groups is 2. The molecule has 3 aliphatic rings. The molecule has 0 unspecified atom stereocenters. The van der Waals surface area contributed by atoms with Gasteiger partial charge in [0.2, 0.25) is 5.91 Å². The van der Waals surface area contributed by atoms with Crippen LogP contribution in [0.5, 0.6) is 5.75 Å². The van der Waals surface area contributed by atoms with Crippen molar-refractivity contribution in [2.45, 2.75) is 43.9 Å². The first kappa shape index (κ1) is 32.1. The summed E-state index contributed by atoms with van der Waals surface area (Å²) in [6.07, 6.45) is -3.40. The van der Waals surface area contributed by atoms with Gasteiger partial charge >= 0.3 is 6.18 Å². The minimum absolute atomic E-state index is 0.00220. The van der Waals surface area contributed by atoms with Gasteiger partial charge in [-0.15, -0.1) is 5.10 Å². The Morgan fingerprint density at radius 2 is 1.75 bits per heavy atom. The van der Waals surface area contributed by atoms with E-state index in [4.69, 9.17) is 21.1 Å². The normalized spacial score (nSPS) is 21.8. The smallest absolute Gasteiger partial charge is 0.416 e. The average Bonchev–Trinajstić information content (AvgIpc) is 3.73. The zero-order chi connectivity index (χ0) is 33.4. The highest BCUT2D eigenvalue weighted by molar-refractivity contribution is 6.32. The Labute approximate surface area is 279 Å². The summed E-state index contributed by atoms with van der Waals surface area (Å²) < 4.78 is 55.0. The van der Waals surface area contributed by atoms with Gasteiger partial charge < -0.3 is 19.3 Å². The number of benzene rings is 3. The highest BCUT2D eigenvalue weighted by atomic mass is 35.5. The maximum atomic E-state index is 14.2. The van der Waals surface area contributed by atoms with Crippen LogP contribution in [0.1, 0.15) is 33.6 Å². The number of para-hydroxylation sites is 1. The summed E-state index contributed by atoms with van der Waals surface area (Å²) in [6, 6.07) is 18.7. The molecule has 4 heterocycles. The van der Waals surface area contributed by atoms with Crippen LogP contribution in [0, 0.1) is 0 Å². The predicted octanol–water partition coefficient (Wildman–Crippen LogP) is 4.84. The van der Waals surface area contributed by atoms with Crippen LogP contribution in [0.15, 0.2) is 79.0 Å². The first-order valence-corrected chi connectivity index (χ1v) is 16.0. The lowest BCUT2D eigenvalue weighted by Crippen LogP contribution is -2.61. The molecule has 3 atom stereocenters. The lowest BCUT2D eigenvalue weighted by Gasteiger charge is -2.43. The van der Waals surface area contributed by atoms with Crippen molar-refractivity contribution in [3.8, 4) is 11.4 Å². The van der Waals surface area contributed by atoms with Crippen molar-refractivity contribution < 1.29 is 32.2 Å². The number of rotatable bonds is 6. The molecule has 250 valence electrons. The van der Waals surface area contributed by atoms with Gasteiger partial charge in [-0.2, -0.15) is 13.2 Å². The molecule has 0 N–H and O–H groups in total. The van der Waals surface area contributed by atoms with Crippen LogP contribution < -0.4 is 4.74 Å². The number of alkyl halides is 3. The molecule has 1 aromatic heterocycles. The topological polar surface area (TPSA) is 93.0 Å². The Bertz CT molecular complexity index is 1800. The minimum atomic E-state index is -4.67. The lowest BCUT2D eigenvalue weighted by molar-refractivity contribution is -0.142. The highest BCUT2D eigenvalue weighted by Crippen LogP contribution is 2.36. The number of ether oxygens (including phenoxy) is 2. The second-order valence-electron chi connectivity index (χ2n) is 12.2. The number of halogens is 4. The van der Waals surface area contributed by atoms with Crippen molar-refractivity contribution in [2.24, 2.45) is 0 Å². The Morgan fingerprint density at radius 3 is 2.54 bits per heavy atom. The van der Waals surface area contributed by atoms with E-state index in [2.05, 4.69) is 15.2 Å². The molecule has 0 radical (unpaired) electrons. The largest absolute Gasteiger partial charge is 0.491 e. The maximum Gasteiger partial charge on any atom is 0.416 e. The summed E-state index contributed by atoms with van der Waals surface area (Å²) in [5, 5.41) is 8.80. The molecule has 0 saturated carbocycles. The fourth-order valence-corrected chi connectivity index (χ4v) is 6.79. The van der Waals surface area contributed by atoms with Gasteiger partial charge in [-0.25, -0.2) is 4.68 Å². The van der Waals surface area contributed by atoms with Crippen molar-refractivity contribution in [1.29, 1.82) is 0 Å². The van der Waals surface area contributed by atoms with E-state index in [1.54, 1.807) is 29.3 Å². The Morgan fingerprint density at radius 1 is 0.958 bits per heavy atom. The first-order valence-electron chi connectivity index (χ1n) is 15.6. The van der Waals surface area contributed by atoms with Crippen molar-refractivity contribution in [3.05, 3.63) is 106 Å². The second-order valence-corrected chi connectivity index (χ2v) is 12.6. The molecule has 4 aromatic rings. The van der Waals surface area contributed by atoms with Crippen LogP contribution in [-0.4, -0.2) is 92.5 Å². The van der Waals surface area contributed by atoms with Gasteiger partial charge in [-0.1, -0.05) is 59.3 Å². The molecule has 0 aliphatic carbocycles. The second kappa shape index (κ2) is 13.2. The van der Waals surface area contributed by atoms with E-state index >= 15 is 0 Å². The highest BCUT2D eigenvalue weighted by Gasteiger charge is 2.46. The third-order valence-electron chi connectivity index (χ3n) is 8.98. The summed E-state index contributed by atoms with van der Waals surface area (Å²) >= 11 is 6.29. The molecule has 10 nitrogen and oxygen atoms in total. The van der Waals surface area contributed by atoms with Gasteiger partial charge in [0.1, 0.15) is 24.1 Å². The van der Waals surface area contributed by atoms with Gasteiger partial charge in [0, 0.05) is 39.1 Å². The van der Waals surface area contributed by atoms with E-state index < -0.39 is 29.8 Å². The van der Waals surface area contributed by atoms with Gasteiger partial charge in [0.25, 0.3) is 5.91 Å². The Hall–Kier alpha value is -4.46.